The third-order valence-electron chi connectivity index (χ3n) is 6.41. The van der Waals surface area contributed by atoms with E-state index in [0.717, 1.165) is 33.3 Å². The summed E-state index contributed by atoms with van der Waals surface area (Å²) >= 11 is 6.24. The van der Waals surface area contributed by atoms with Crippen LogP contribution in [0.3, 0.4) is 0 Å². The van der Waals surface area contributed by atoms with Gasteiger partial charge in [-0.3, -0.25) is 14.5 Å². The van der Waals surface area contributed by atoms with Gasteiger partial charge in [-0.25, -0.2) is 0 Å². The second-order valence-electron chi connectivity index (χ2n) is 9.34. The van der Waals surface area contributed by atoms with E-state index in [-0.39, 0.29) is 29.4 Å². The van der Waals surface area contributed by atoms with E-state index in [9.17, 15) is 9.59 Å². The Balaban J connectivity index is 1.74. The molecule has 3 aromatic rings. The zero-order valence-corrected chi connectivity index (χ0v) is 18.4. The van der Waals surface area contributed by atoms with Gasteiger partial charge >= 0.3 is 0 Å². The minimum atomic E-state index is -0.229. The summed E-state index contributed by atoms with van der Waals surface area (Å²) < 4.78 is 0. The molecule has 0 radical (unpaired) electrons. The Kier molecular flexibility index (Phi) is 4.75. The van der Waals surface area contributed by atoms with Crippen molar-refractivity contribution >= 4 is 39.8 Å². The van der Waals surface area contributed by atoms with Crippen LogP contribution in [0, 0.1) is 5.41 Å². The number of nitrogens with zero attached hydrogens (tertiary/aromatic N) is 1. The van der Waals surface area contributed by atoms with Crippen molar-refractivity contribution in [3.8, 4) is 0 Å². The SMILES string of the molecule is CC1(C)CC(=O)C2=C(C1)N(c1cccc(Cl)c1)C(=O)CC2c1cccc2ccccc12. The van der Waals surface area contributed by atoms with Crippen LogP contribution in [0.25, 0.3) is 10.8 Å². The Labute approximate surface area is 187 Å². The lowest BCUT2D eigenvalue weighted by molar-refractivity contribution is -0.120. The molecule has 1 heterocycles. The van der Waals surface area contributed by atoms with Crippen LogP contribution in [-0.2, 0) is 9.59 Å². The number of hydrogen-bond acceptors (Lipinski definition) is 2. The summed E-state index contributed by atoms with van der Waals surface area (Å²) in [6.07, 6.45) is 1.43. The molecule has 0 saturated carbocycles. The van der Waals surface area contributed by atoms with Crippen LogP contribution in [-0.4, -0.2) is 11.7 Å². The van der Waals surface area contributed by atoms with Crippen LogP contribution in [0.5, 0.6) is 0 Å². The van der Waals surface area contributed by atoms with E-state index in [4.69, 9.17) is 11.6 Å². The van der Waals surface area contributed by atoms with Gasteiger partial charge in [0.2, 0.25) is 5.91 Å². The topological polar surface area (TPSA) is 37.4 Å². The van der Waals surface area contributed by atoms with Gasteiger partial charge in [-0.2, -0.15) is 0 Å². The molecule has 0 aromatic heterocycles. The largest absolute Gasteiger partial charge is 0.294 e. The molecule has 1 unspecified atom stereocenters. The standard InChI is InChI=1S/C27H24ClNO2/c1-27(2)15-23-26(24(30)16-27)22(21-12-5-8-17-7-3-4-11-20(17)21)14-25(31)29(23)19-10-6-9-18(28)13-19/h3-13,22H,14-16H2,1-2H3. The number of fused-ring (bicyclic) bond motifs is 1. The number of anilines is 1. The third kappa shape index (κ3) is 3.47. The summed E-state index contributed by atoms with van der Waals surface area (Å²) in [6, 6.07) is 21.7. The number of hydrogen-bond donors (Lipinski definition) is 0. The third-order valence-corrected chi connectivity index (χ3v) is 6.64. The predicted octanol–water partition coefficient (Wildman–Crippen LogP) is 6.66. The lowest BCUT2D eigenvalue weighted by Crippen LogP contribution is -2.43. The van der Waals surface area contributed by atoms with Gasteiger partial charge in [0.25, 0.3) is 0 Å². The molecular formula is C27H24ClNO2. The Morgan fingerprint density at radius 2 is 1.68 bits per heavy atom. The maximum Gasteiger partial charge on any atom is 0.232 e. The molecule has 0 N–H and O–H groups in total. The average molecular weight is 430 g/mol. The molecule has 1 aliphatic heterocycles. The fraction of sp³-hybridized carbons (Fsp3) is 0.259. The summed E-state index contributed by atoms with van der Waals surface area (Å²) in [5, 5.41) is 2.80. The van der Waals surface area contributed by atoms with Crippen molar-refractivity contribution in [3.63, 3.8) is 0 Å². The van der Waals surface area contributed by atoms with Crippen molar-refractivity contribution in [3.05, 3.63) is 88.6 Å². The van der Waals surface area contributed by atoms with Crippen molar-refractivity contribution in [2.24, 2.45) is 5.41 Å². The van der Waals surface area contributed by atoms with E-state index in [0.29, 0.717) is 17.9 Å². The van der Waals surface area contributed by atoms with Crippen LogP contribution < -0.4 is 4.90 Å². The number of carbonyl (C=O) groups excluding carboxylic acids is 2. The molecule has 156 valence electrons. The van der Waals surface area contributed by atoms with Gasteiger partial charge in [-0.05, 0) is 46.4 Å². The smallest absolute Gasteiger partial charge is 0.232 e. The zero-order chi connectivity index (χ0) is 21.8. The van der Waals surface area contributed by atoms with Gasteiger partial charge < -0.3 is 0 Å². The maximum atomic E-state index is 13.5. The highest BCUT2D eigenvalue weighted by atomic mass is 35.5. The highest BCUT2D eigenvalue weighted by Crippen LogP contribution is 2.49. The van der Waals surface area contributed by atoms with E-state index >= 15 is 0 Å². The Morgan fingerprint density at radius 3 is 2.48 bits per heavy atom. The summed E-state index contributed by atoms with van der Waals surface area (Å²) in [5.41, 5.74) is 3.20. The first-order chi connectivity index (χ1) is 14.8. The summed E-state index contributed by atoms with van der Waals surface area (Å²) in [6.45, 7) is 4.19. The summed E-state index contributed by atoms with van der Waals surface area (Å²) in [5.74, 6) is -0.0826. The number of amides is 1. The molecule has 0 fully saturated rings. The second-order valence-corrected chi connectivity index (χ2v) is 9.77. The quantitative estimate of drug-likeness (QED) is 0.457. The predicted molar refractivity (Wildman–Crippen MR) is 125 cm³/mol. The molecule has 3 nitrogen and oxygen atoms in total. The fourth-order valence-electron chi connectivity index (χ4n) is 5.15. The van der Waals surface area contributed by atoms with Crippen molar-refractivity contribution < 1.29 is 9.59 Å². The second kappa shape index (κ2) is 7.35. The molecule has 1 atom stereocenters. The molecular weight excluding hydrogens is 406 g/mol. The van der Waals surface area contributed by atoms with Crippen molar-refractivity contribution in [2.75, 3.05) is 4.90 Å². The first-order valence-electron chi connectivity index (χ1n) is 10.7. The average Bonchev–Trinajstić information content (AvgIpc) is 2.71. The van der Waals surface area contributed by atoms with Crippen LogP contribution in [0.1, 0.15) is 44.6 Å². The number of halogens is 1. The molecule has 2 aliphatic rings. The van der Waals surface area contributed by atoms with Crippen LogP contribution in [0.4, 0.5) is 5.69 Å². The van der Waals surface area contributed by atoms with E-state index in [2.05, 4.69) is 38.1 Å². The summed E-state index contributed by atoms with van der Waals surface area (Å²) in [7, 11) is 0. The zero-order valence-electron chi connectivity index (χ0n) is 17.7. The summed E-state index contributed by atoms with van der Waals surface area (Å²) in [4.78, 5) is 28.8. The van der Waals surface area contributed by atoms with E-state index in [1.165, 1.54) is 0 Å². The molecule has 5 rings (SSSR count). The molecule has 31 heavy (non-hydrogen) atoms. The van der Waals surface area contributed by atoms with Crippen molar-refractivity contribution in [2.45, 2.75) is 39.0 Å². The van der Waals surface area contributed by atoms with Gasteiger partial charge in [0, 0.05) is 35.1 Å². The minimum Gasteiger partial charge on any atom is -0.294 e. The van der Waals surface area contributed by atoms with E-state index < -0.39 is 0 Å². The maximum absolute atomic E-state index is 13.5. The number of rotatable bonds is 2. The Morgan fingerprint density at radius 1 is 0.935 bits per heavy atom. The number of allylic oxidation sites excluding steroid dienone is 2. The molecule has 1 aliphatic carbocycles. The molecule has 0 bridgehead atoms. The molecule has 0 spiro atoms. The normalized spacial score (nSPS) is 20.9. The number of benzene rings is 3. The van der Waals surface area contributed by atoms with Gasteiger partial charge in [0.1, 0.15) is 0 Å². The first kappa shape index (κ1) is 20.0. The number of ketones is 1. The van der Waals surface area contributed by atoms with Gasteiger partial charge in [0.15, 0.2) is 5.78 Å². The van der Waals surface area contributed by atoms with Crippen LogP contribution in [0.15, 0.2) is 78.0 Å². The van der Waals surface area contributed by atoms with Gasteiger partial charge in [0.05, 0.1) is 5.69 Å². The first-order valence-corrected chi connectivity index (χ1v) is 11.0. The highest BCUT2D eigenvalue weighted by molar-refractivity contribution is 6.31. The Hall–Kier alpha value is -2.91. The van der Waals surface area contributed by atoms with E-state index in [1.54, 1.807) is 17.0 Å². The lowest BCUT2D eigenvalue weighted by atomic mass is 9.69. The number of carbonyl (C=O) groups is 2. The van der Waals surface area contributed by atoms with Crippen molar-refractivity contribution in [1.29, 1.82) is 0 Å². The minimum absolute atomic E-state index is 0.00412. The highest BCUT2D eigenvalue weighted by Gasteiger charge is 2.44. The number of Topliss-reactive ketones (excluding diaryl/α,β-unsaturated/α-hetero) is 1. The molecule has 4 heteroatoms. The van der Waals surface area contributed by atoms with Crippen LogP contribution in [0.2, 0.25) is 5.02 Å². The monoisotopic (exact) mass is 429 g/mol. The van der Waals surface area contributed by atoms with Crippen LogP contribution >= 0.6 is 11.6 Å². The molecule has 1 amide bonds. The fourth-order valence-corrected chi connectivity index (χ4v) is 5.33. The van der Waals surface area contributed by atoms with Gasteiger partial charge in [-0.15, -0.1) is 0 Å². The van der Waals surface area contributed by atoms with Gasteiger partial charge in [-0.1, -0.05) is 74.0 Å². The van der Waals surface area contributed by atoms with Crippen molar-refractivity contribution in [1.82, 2.24) is 0 Å². The molecule has 3 aromatic carbocycles. The molecule has 0 saturated heterocycles. The lowest BCUT2D eigenvalue weighted by Gasteiger charge is -2.43. The Bertz CT molecular complexity index is 1250. The van der Waals surface area contributed by atoms with E-state index in [1.807, 2.05) is 30.3 Å².